The van der Waals surface area contributed by atoms with Crippen molar-refractivity contribution in [1.82, 2.24) is 0 Å². The van der Waals surface area contributed by atoms with Gasteiger partial charge in [0.25, 0.3) is 0 Å². The second-order valence-electron chi connectivity index (χ2n) is 12.4. The molecule has 2 amide bonds. The predicted octanol–water partition coefficient (Wildman–Crippen LogP) is 4.37. The zero-order valence-electron chi connectivity index (χ0n) is 26.3. The van der Waals surface area contributed by atoms with E-state index in [2.05, 4.69) is 0 Å². The van der Waals surface area contributed by atoms with Gasteiger partial charge in [-0.05, 0) is 89.5 Å². The molecule has 0 spiro atoms. The number of fused-ring (bicyclic) bond motifs is 3. The maximum atomic E-state index is 14.1. The number of furan rings is 1. The number of aliphatic hydroxyl groups excluding tert-OH is 1. The highest BCUT2D eigenvalue weighted by Gasteiger charge is 2.57. The molecule has 4 atom stereocenters. The van der Waals surface area contributed by atoms with Crippen LogP contribution in [0.1, 0.15) is 36.3 Å². The van der Waals surface area contributed by atoms with Crippen molar-refractivity contribution in [2.45, 2.75) is 32.0 Å². The third-order valence-corrected chi connectivity index (χ3v) is 9.57. The second kappa shape index (κ2) is 13.8. The van der Waals surface area contributed by atoms with E-state index >= 15 is 0 Å². The minimum Gasteiger partial charge on any atom is -0.489 e. The molecule has 3 N–H and O–H groups in total. The number of aliphatic hydroxyl groups is 1. The van der Waals surface area contributed by atoms with Crippen molar-refractivity contribution in [3.8, 4) is 5.75 Å². The summed E-state index contributed by atoms with van der Waals surface area (Å²) in [5.41, 5.74) is 4.61. The van der Waals surface area contributed by atoms with Crippen LogP contribution >= 0.6 is 0 Å². The van der Waals surface area contributed by atoms with Gasteiger partial charge >= 0.3 is 7.12 Å². The topological polar surface area (TPSA) is 130 Å². The first-order valence-electron chi connectivity index (χ1n) is 16.2. The lowest BCUT2D eigenvalue weighted by molar-refractivity contribution is -0.122. The molecule has 4 aromatic rings. The van der Waals surface area contributed by atoms with Crippen LogP contribution in [0.15, 0.2) is 113 Å². The molecule has 1 aromatic heterocycles. The number of benzene rings is 3. The molecule has 0 saturated carbocycles. The Morgan fingerprint density at radius 2 is 1.69 bits per heavy atom. The minimum absolute atomic E-state index is 0.177. The number of amides is 2. The molecule has 48 heavy (non-hydrogen) atoms. The lowest BCUT2D eigenvalue weighted by Gasteiger charge is -2.31. The molecule has 3 aliphatic rings. The van der Waals surface area contributed by atoms with Gasteiger partial charge in [0.1, 0.15) is 30.5 Å². The summed E-state index contributed by atoms with van der Waals surface area (Å²) in [4.78, 5) is 29.2. The molecule has 3 aromatic carbocycles. The summed E-state index contributed by atoms with van der Waals surface area (Å²) in [6, 6.07) is 29.4. The molecule has 244 valence electrons. The van der Waals surface area contributed by atoms with Crippen LogP contribution in [0.5, 0.6) is 5.75 Å². The molecular formula is C38H36BNO8. The fraction of sp³-hybridized carbons (Fsp3) is 0.263. The summed E-state index contributed by atoms with van der Waals surface area (Å²) < 4.78 is 18.5. The van der Waals surface area contributed by atoms with E-state index in [1.807, 2.05) is 72.8 Å². The molecule has 2 fully saturated rings. The number of nitrogens with zero attached hydrogens (tertiary/aromatic N) is 1. The molecular weight excluding hydrogens is 609 g/mol. The van der Waals surface area contributed by atoms with Crippen LogP contribution in [0.25, 0.3) is 11.6 Å². The van der Waals surface area contributed by atoms with Gasteiger partial charge in [-0.15, -0.1) is 0 Å². The first-order valence-corrected chi connectivity index (χ1v) is 16.2. The van der Waals surface area contributed by atoms with Crippen LogP contribution in [0, 0.1) is 17.8 Å². The molecule has 2 aliphatic heterocycles. The fourth-order valence-electron chi connectivity index (χ4n) is 7.34. The third kappa shape index (κ3) is 6.27. The molecule has 0 bridgehead atoms. The average Bonchev–Trinajstić information content (AvgIpc) is 3.82. The first kappa shape index (κ1) is 31.8. The second-order valence-corrected chi connectivity index (χ2v) is 12.4. The fourth-order valence-corrected chi connectivity index (χ4v) is 7.34. The number of carbonyl (C=O) groups is 2. The molecule has 0 unspecified atom stereocenters. The van der Waals surface area contributed by atoms with Gasteiger partial charge in [-0.2, -0.15) is 0 Å². The Balaban J connectivity index is 1.19. The van der Waals surface area contributed by atoms with E-state index < -0.39 is 19.0 Å². The maximum Gasteiger partial charge on any atom is 0.488 e. The molecule has 2 saturated heterocycles. The van der Waals surface area contributed by atoms with E-state index in [9.17, 15) is 24.7 Å². The van der Waals surface area contributed by atoms with Gasteiger partial charge in [-0.3, -0.25) is 14.5 Å². The Morgan fingerprint density at radius 3 is 2.42 bits per heavy atom. The van der Waals surface area contributed by atoms with Crippen LogP contribution in [0.3, 0.4) is 0 Å². The number of hydrogen-bond acceptors (Lipinski definition) is 8. The van der Waals surface area contributed by atoms with Crippen molar-refractivity contribution in [3.05, 3.63) is 125 Å². The third-order valence-electron chi connectivity index (χ3n) is 9.57. The van der Waals surface area contributed by atoms with E-state index in [1.54, 1.807) is 18.2 Å². The van der Waals surface area contributed by atoms with Gasteiger partial charge in [-0.1, -0.05) is 60.7 Å². The quantitative estimate of drug-likeness (QED) is 0.125. The number of para-hydroxylation sites is 1. The van der Waals surface area contributed by atoms with E-state index in [-0.39, 0.29) is 42.5 Å². The number of allylic oxidation sites excluding steroid dienone is 1. The molecule has 10 heteroatoms. The number of rotatable bonds is 11. The van der Waals surface area contributed by atoms with Gasteiger partial charge in [0.15, 0.2) is 0 Å². The van der Waals surface area contributed by atoms with E-state index in [0.717, 1.165) is 22.3 Å². The van der Waals surface area contributed by atoms with Crippen LogP contribution in [-0.2, 0) is 20.9 Å². The lowest BCUT2D eigenvalue weighted by Crippen LogP contribution is -2.36. The Morgan fingerprint density at radius 1 is 0.917 bits per heavy atom. The van der Waals surface area contributed by atoms with E-state index in [4.69, 9.17) is 13.9 Å². The number of hydrogen-bond donors (Lipinski definition) is 3. The van der Waals surface area contributed by atoms with Crippen molar-refractivity contribution in [2.75, 3.05) is 18.1 Å². The summed E-state index contributed by atoms with van der Waals surface area (Å²) in [5, 5.41) is 29.0. The molecule has 1 aliphatic carbocycles. The maximum absolute atomic E-state index is 14.1. The Labute approximate surface area is 278 Å². The van der Waals surface area contributed by atoms with Crippen LogP contribution in [-0.4, -0.2) is 53.4 Å². The van der Waals surface area contributed by atoms with Crippen molar-refractivity contribution >= 4 is 41.7 Å². The Kier molecular flexibility index (Phi) is 9.14. The van der Waals surface area contributed by atoms with Crippen LogP contribution in [0.4, 0.5) is 5.69 Å². The summed E-state index contributed by atoms with van der Waals surface area (Å²) in [6.45, 7) is 0.397. The lowest BCUT2D eigenvalue weighted by atomic mass is 9.69. The minimum atomic E-state index is -1.72. The Hall–Kier alpha value is -4.74. The first-order chi connectivity index (χ1) is 23.4. The van der Waals surface area contributed by atoms with Crippen molar-refractivity contribution in [2.24, 2.45) is 17.8 Å². The van der Waals surface area contributed by atoms with Crippen molar-refractivity contribution in [3.63, 3.8) is 0 Å². The van der Waals surface area contributed by atoms with Gasteiger partial charge in [0, 0.05) is 5.92 Å². The monoisotopic (exact) mass is 645 g/mol. The largest absolute Gasteiger partial charge is 0.489 e. The summed E-state index contributed by atoms with van der Waals surface area (Å²) in [7, 11) is -1.72. The Bertz CT molecular complexity index is 1850. The number of carbonyl (C=O) groups excluding carboxylic acids is 2. The SMILES string of the molecule is O=C1[C@@H]2[C@@H](CC(COc3ccccc3)=C3[C@@H](CC/C(=C/c4ccc(CO)o4)c4ccccc4)OC[C@@H]32)C(=O)N1c1cccc(B(O)O)c1. The van der Waals surface area contributed by atoms with Crippen LogP contribution < -0.4 is 15.1 Å². The van der Waals surface area contributed by atoms with Crippen molar-refractivity contribution in [1.29, 1.82) is 0 Å². The van der Waals surface area contributed by atoms with Crippen molar-refractivity contribution < 1.29 is 38.6 Å². The highest BCUT2D eigenvalue weighted by atomic mass is 16.5. The summed E-state index contributed by atoms with van der Waals surface area (Å²) >= 11 is 0. The number of imide groups is 1. The van der Waals surface area contributed by atoms with Gasteiger partial charge in [0.05, 0.1) is 30.2 Å². The average molecular weight is 646 g/mol. The predicted molar refractivity (Wildman–Crippen MR) is 181 cm³/mol. The zero-order valence-corrected chi connectivity index (χ0v) is 26.3. The standard InChI is InChI=1S/C38H36BNO8/c41-21-31-16-15-30(48-31)18-25(24-8-3-1-4-9-24)14-17-34-35-26(22-46-29-12-5-2-6-13-29)19-32-36(33(35)23-47-34)38(43)40(37(32)42)28-11-7-10-27(20-28)39(44)45/h1-13,15-16,18,20,32-34,36,41,44-45H,14,17,19,21-23H2/b25-18-/t32-,33+,34-,36-/m1/s1. The van der Waals surface area contributed by atoms with E-state index in [1.165, 1.54) is 17.0 Å². The van der Waals surface area contributed by atoms with Crippen LogP contribution in [0.2, 0.25) is 0 Å². The van der Waals surface area contributed by atoms with E-state index in [0.29, 0.717) is 48.8 Å². The zero-order chi connectivity index (χ0) is 33.2. The summed E-state index contributed by atoms with van der Waals surface area (Å²) in [6.07, 6.45) is 3.35. The molecule has 0 radical (unpaired) electrons. The highest BCUT2D eigenvalue weighted by molar-refractivity contribution is 6.58. The van der Waals surface area contributed by atoms with Gasteiger partial charge in [0.2, 0.25) is 11.8 Å². The number of anilines is 1. The highest BCUT2D eigenvalue weighted by Crippen LogP contribution is 2.50. The van der Waals surface area contributed by atoms with Gasteiger partial charge < -0.3 is 29.0 Å². The normalized spacial score (nSPS) is 22.2. The smallest absolute Gasteiger partial charge is 0.488 e. The molecule has 3 heterocycles. The van der Waals surface area contributed by atoms with Gasteiger partial charge in [-0.25, -0.2) is 0 Å². The molecule has 7 rings (SSSR count). The summed E-state index contributed by atoms with van der Waals surface area (Å²) in [5.74, 6) is -0.217. The number of ether oxygens (including phenoxy) is 2. The molecule has 9 nitrogen and oxygen atoms in total.